The number of nitrogens with zero attached hydrogens (tertiary/aromatic N) is 1. The maximum atomic E-state index is 11.7. The standard InChI is InChI=1S/C8H14NO3S/c1-12-7-4-5-9(6-7)13(10,11)8-2-3-8/h4,7-8H,2-3,5-6H2,1H3/t7-/m1/s1. The molecule has 1 atom stereocenters. The Morgan fingerprint density at radius 3 is 2.62 bits per heavy atom. The molecule has 0 spiro atoms. The van der Waals surface area contributed by atoms with Crippen molar-refractivity contribution in [2.45, 2.75) is 24.2 Å². The topological polar surface area (TPSA) is 46.6 Å². The van der Waals surface area contributed by atoms with Crippen LogP contribution in [0.2, 0.25) is 0 Å². The molecule has 0 N–H and O–H groups in total. The fraction of sp³-hybridized carbons (Fsp3) is 0.875. The van der Waals surface area contributed by atoms with Crippen molar-refractivity contribution in [2.75, 3.05) is 20.2 Å². The van der Waals surface area contributed by atoms with Gasteiger partial charge in [-0.3, -0.25) is 0 Å². The van der Waals surface area contributed by atoms with Crippen LogP contribution >= 0.6 is 0 Å². The first-order valence-corrected chi connectivity index (χ1v) is 6.00. The van der Waals surface area contributed by atoms with Crippen LogP contribution in [-0.2, 0) is 14.8 Å². The minimum Gasteiger partial charge on any atom is -0.380 e. The van der Waals surface area contributed by atoms with Crippen molar-refractivity contribution >= 4 is 10.0 Å². The summed E-state index contributed by atoms with van der Waals surface area (Å²) in [5, 5.41) is -0.100. The average molecular weight is 204 g/mol. The molecule has 4 nitrogen and oxygen atoms in total. The lowest BCUT2D eigenvalue weighted by molar-refractivity contribution is 0.136. The summed E-state index contributed by atoms with van der Waals surface area (Å²) in [6.07, 6.45) is 3.54. The summed E-state index contributed by atoms with van der Waals surface area (Å²) in [6, 6.07) is 0. The lowest BCUT2D eigenvalue weighted by Gasteiger charge is -2.15. The highest BCUT2D eigenvalue weighted by atomic mass is 32.2. The van der Waals surface area contributed by atoms with Crippen LogP contribution in [0.25, 0.3) is 0 Å². The molecule has 1 aliphatic carbocycles. The maximum absolute atomic E-state index is 11.7. The Morgan fingerprint density at radius 2 is 2.15 bits per heavy atom. The lowest BCUT2D eigenvalue weighted by Crippen LogP contribution is -2.32. The maximum Gasteiger partial charge on any atom is 0.217 e. The molecule has 1 radical (unpaired) electrons. The summed E-state index contributed by atoms with van der Waals surface area (Å²) in [7, 11) is -1.38. The molecule has 0 unspecified atom stereocenters. The largest absolute Gasteiger partial charge is 0.380 e. The molecule has 1 saturated heterocycles. The molecule has 75 valence electrons. The first kappa shape index (κ1) is 9.43. The minimum atomic E-state index is -2.99. The summed E-state index contributed by atoms with van der Waals surface area (Å²) in [6.45, 7) is 1.01. The molecule has 5 heteroatoms. The van der Waals surface area contributed by atoms with E-state index in [2.05, 4.69) is 0 Å². The van der Waals surface area contributed by atoms with Crippen LogP contribution < -0.4 is 0 Å². The number of ether oxygens (including phenoxy) is 1. The van der Waals surface area contributed by atoms with Crippen molar-refractivity contribution in [2.24, 2.45) is 0 Å². The molecule has 0 aromatic rings. The van der Waals surface area contributed by atoms with Crippen molar-refractivity contribution in [3.8, 4) is 0 Å². The minimum absolute atomic E-state index is 0.0199. The molecule has 2 aliphatic rings. The van der Waals surface area contributed by atoms with Crippen LogP contribution in [0, 0.1) is 6.42 Å². The number of methoxy groups -OCH3 is 1. The lowest BCUT2D eigenvalue weighted by atomic mass is 10.3. The zero-order valence-corrected chi connectivity index (χ0v) is 8.46. The van der Waals surface area contributed by atoms with E-state index < -0.39 is 10.0 Å². The van der Waals surface area contributed by atoms with Crippen LogP contribution in [0.15, 0.2) is 0 Å². The highest BCUT2D eigenvalue weighted by Crippen LogP contribution is 2.32. The zero-order chi connectivity index (χ0) is 9.47. The summed E-state index contributed by atoms with van der Waals surface area (Å²) in [5.74, 6) is 0. The molecule has 13 heavy (non-hydrogen) atoms. The van der Waals surface area contributed by atoms with E-state index in [0.29, 0.717) is 13.1 Å². The third kappa shape index (κ3) is 1.73. The molecule has 1 saturated carbocycles. The van der Waals surface area contributed by atoms with Crippen LogP contribution in [0.4, 0.5) is 0 Å². The second kappa shape index (κ2) is 3.22. The predicted octanol–water partition coefficient (Wildman–Crippen LogP) is 0.0135. The van der Waals surface area contributed by atoms with Crippen molar-refractivity contribution in [3.05, 3.63) is 6.42 Å². The van der Waals surface area contributed by atoms with Crippen LogP contribution in [0.1, 0.15) is 12.8 Å². The zero-order valence-electron chi connectivity index (χ0n) is 7.64. The number of hydrogen-bond donors (Lipinski definition) is 0. The van der Waals surface area contributed by atoms with Gasteiger partial charge in [-0.15, -0.1) is 0 Å². The van der Waals surface area contributed by atoms with E-state index in [1.54, 1.807) is 7.11 Å². The third-order valence-electron chi connectivity index (χ3n) is 2.56. The summed E-state index contributed by atoms with van der Waals surface area (Å²) < 4.78 is 30.0. The Balaban J connectivity index is 2.02. The van der Waals surface area contributed by atoms with Crippen LogP contribution in [0.5, 0.6) is 0 Å². The van der Waals surface area contributed by atoms with E-state index in [1.807, 2.05) is 6.42 Å². The SMILES string of the molecule is CO[C@@H]1[CH]CN(S(=O)(=O)C2CC2)C1. The summed E-state index contributed by atoms with van der Waals surface area (Å²) in [4.78, 5) is 0. The first-order chi connectivity index (χ1) is 6.14. The van der Waals surface area contributed by atoms with Crippen molar-refractivity contribution < 1.29 is 13.2 Å². The van der Waals surface area contributed by atoms with Gasteiger partial charge in [0.15, 0.2) is 0 Å². The Hall–Kier alpha value is -0.130. The van der Waals surface area contributed by atoms with Gasteiger partial charge in [0.25, 0.3) is 0 Å². The smallest absolute Gasteiger partial charge is 0.217 e. The second-order valence-corrected chi connectivity index (χ2v) is 5.78. The van der Waals surface area contributed by atoms with Gasteiger partial charge in [-0.1, -0.05) is 0 Å². The molecule has 2 fully saturated rings. The Bertz CT molecular complexity index is 284. The molecule has 1 heterocycles. The van der Waals surface area contributed by atoms with Crippen molar-refractivity contribution in [1.29, 1.82) is 0 Å². The molecule has 0 bridgehead atoms. The Morgan fingerprint density at radius 1 is 1.46 bits per heavy atom. The van der Waals surface area contributed by atoms with Gasteiger partial charge in [0.2, 0.25) is 10.0 Å². The average Bonchev–Trinajstić information content (AvgIpc) is 2.84. The van der Waals surface area contributed by atoms with E-state index in [-0.39, 0.29) is 11.4 Å². The van der Waals surface area contributed by atoms with E-state index in [0.717, 1.165) is 12.8 Å². The van der Waals surface area contributed by atoms with Gasteiger partial charge in [0.05, 0.1) is 11.4 Å². The Kier molecular flexibility index (Phi) is 2.33. The van der Waals surface area contributed by atoms with Crippen LogP contribution in [-0.4, -0.2) is 44.3 Å². The van der Waals surface area contributed by atoms with Gasteiger partial charge in [-0.05, 0) is 12.8 Å². The summed E-state index contributed by atoms with van der Waals surface area (Å²) >= 11 is 0. The predicted molar refractivity (Wildman–Crippen MR) is 48.6 cm³/mol. The highest BCUT2D eigenvalue weighted by molar-refractivity contribution is 7.90. The van der Waals surface area contributed by atoms with Crippen LogP contribution in [0.3, 0.4) is 0 Å². The fourth-order valence-corrected chi connectivity index (χ4v) is 3.34. The molecular weight excluding hydrogens is 190 g/mol. The molecule has 2 rings (SSSR count). The van der Waals surface area contributed by atoms with E-state index in [9.17, 15) is 8.42 Å². The van der Waals surface area contributed by atoms with Gasteiger partial charge in [0, 0.05) is 26.6 Å². The molecule has 0 aromatic heterocycles. The summed E-state index contributed by atoms with van der Waals surface area (Å²) in [5.41, 5.74) is 0. The number of sulfonamides is 1. The fourth-order valence-electron chi connectivity index (χ4n) is 1.54. The van der Waals surface area contributed by atoms with Gasteiger partial charge in [-0.2, -0.15) is 4.31 Å². The second-order valence-electron chi connectivity index (χ2n) is 3.57. The molecular formula is C8H14NO3S. The van der Waals surface area contributed by atoms with Gasteiger partial charge in [0.1, 0.15) is 0 Å². The molecule has 1 aliphatic heterocycles. The van der Waals surface area contributed by atoms with Crippen molar-refractivity contribution in [1.82, 2.24) is 4.31 Å². The van der Waals surface area contributed by atoms with E-state index in [1.165, 1.54) is 4.31 Å². The normalized spacial score (nSPS) is 31.0. The van der Waals surface area contributed by atoms with Gasteiger partial charge < -0.3 is 4.74 Å². The quantitative estimate of drug-likeness (QED) is 0.651. The molecule has 0 amide bonds. The van der Waals surface area contributed by atoms with Gasteiger partial charge in [-0.25, -0.2) is 8.42 Å². The third-order valence-corrected chi connectivity index (χ3v) is 4.90. The van der Waals surface area contributed by atoms with E-state index in [4.69, 9.17) is 4.74 Å². The van der Waals surface area contributed by atoms with Gasteiger partial charge >= 0.3 is 0 Å². The number of rotatable bonds is 3. The molecule has 0 aromatic carbocycles. The highest BCUT2D eigenvalue weighted by Gasteiger charge is 2.42. The Labute approximate surface area is 78.9 Å². The first-order valence-electron chi connectivity index (χ1n) is 4.49. The number of hydrogen-bond acceptors (Lipinski definition) is 3. The van der Waals surface area contributed by atoms with E-state index >= 15 is 0 Å². The monoisotopic (exact) mass is 204 g/mol. The van der Waals surface area contributed by atoms with Crippen molar-refractivity contribution in [3.63, 3.8) is 0 Å².